The first-order valence-electron chi connectivity index (χ1n) is 3.93. The average molecular weight is 300 g/mol. The van der Waals surface area contributed by atoms with Gasteiger partial charge in [0.05, 0.1) is 4.92 Å². The second-order valence-electron chi connectivity index (χ2n) is 2.70. The zero-order valence-electron chi connectivity index (χ0n) is 7.62. The van der Waals surface area contributed by atoms with Gasteiger partial charge in [-0.3, -0.25) is 10.1 Å². The van der Waals surface area contributed by atoms with Crippen LogP contribution in [0.4, 0.5) is 18.9 Å². The predicted molar refractivity (Wildman–Crippen MR) is 52.4 cm³/mol. The van der Waals surface area contributed by atoms with E-state index >= 15 is 0 Å². The van der Waals surface area contributed by atoms with Crippen molar-refractivity contribution in [2.75, 3.05) is 0 Å². The summed E-state index contributed by atoms with van der Waals surface area (Å²) in [6.07, 6.45) is -4.96. The van der Waals surface area contributed by atoms with E-state index in [-0.39, 0.29) is 10.9 Å². The largest absolute Gasteiger partial charge is 0.573 e. The number of halogens is 4. The summed E-state index contributed by atoms with van der Waals surface area (Å²) in [4.78, 5) is 9.60. The standard InChI is InChI=1S/C8H5BrF3NO3/c9-4-5-2-1-3-6(13(14)15)7(5)16-8(10,11)12/h1-3H,4H2. The van der Waals surface area contributed by atoms with E-state index in [0.717, 1.165) is 6.07 Å². The van der Waals surface area contributed by atoms with Crippen LogP contribution in [0.25, 0.3) is 0 Å². The molecule has 16 heavy (non-hydrogen) atoms. The first-order chi connectivity index (χ1) is 7.35. The third-order valence-corrected chi connectivity index (χ3v) is 2.24. The number of ether oxygens (including phenoxy) is 1. The van der Waals surface area contributed by atoms with Gasteiger partial charge < -0.3 is 4.74 Å². The highest BCUT2D eigenvalue weighted by molar-refractivity contribution is 9.08. The molecule has 0 spiro atoms. The third-order valence-electron chi connectivity index (χ3n) is 1.63. The number of benzene rings is 1. The first-order valence-corrected chi connectivity index (χ1v) is 5.05. The van der Waals surface area contributed by atoms with Crippen molar-refractivity contribution in [3.05, 3.63) is 33.9 Å². The Morgan fingerprint density at radius 2 is 2.06 bits per heavy atom. The molecule has 8 heteroatoms. The molecule has 1 rings (SSSR count). The molecular formula is C8H5BrF3NO3. The summed E-state index contributed by atoms with van der Waals surface area (Å²) < 4.78 is 39.8. The lowest BCUT2D eigenvalue weighted by Crippen LogP contribution is -2.18. The molecular weight excluding hydrogens is 295 g/mol. The van der Waals surface area contributed by atoms with E-state index in [0.29, 0.717) is 0 Å². The molecule has 0 bridgehead atoms. The molecule has 0 radical (unpaired) electrons. The van der Waals surface area contributed by atoms with Gasteiger partial charge in [-0.2, -0.15) is 0 Å². The maximum Gasteiger partial charge on any atom is 0.573 e. The molecule has 0 unspecified atom stereocenters. The topological polar surface area (TPSA) is 52.4 Å². The summed E-state index contributed by atoms with van der Waals surface area (Å²) in [5, 5.41) is 10.5. The maximum absolute atomic E-state index is 12.0. The van der Waals surface area contributed by atoms with E-state index in [1.165, 1.54) is 12.1 Å². The Morgan fingerprint density at radius 3 is 2.50 bits per heavy atom. The number of nitrogens with zero attached hydrogens (tertiary/aromatic N) is 1. The second kappa shape index (κ2) is 4.69. The summed E-state index contributed by atoms with van der Waals surface area (Å²) in [5.41, 5.74) is -0.652. The van der Waals surface area contributed by atoms with Crippen molar-refractivity contribution in [1.29, 1.82) is 0 Å². The molecule has 0 saturated heterocycles. The zero-order valence-corrected chi connectivity index (χ0v) is 9.21. The minimum atomic E-state index is -4.96. The smallest absolute Gasteiger partial charge is 0.398 e. The quantitative estimate of drug-likeness (QED) is 0.488. The van der Waals surface area contributed by atoms with E-state index in [4.69, 9.17) is 0 Å². The lowest BCUT2D eigenvalue weighted by Gasteiger charge is -2.11. The van der Waals surface area contributed by atoms with E-state index in [9.17, 15) is 23.3 Å². The van der Waals surface area contributed by atoms with Crippen molar-refractivity contribution < 1.29 is 22.8 Å². The van der Waals surface area contributed by atoms with Crippen molar-refractivity contribution in [2.24, 2.45) is 0 Å². The Labute approximate surface area is 96.3 Å². The van der Waals surface area contributed by atoms with Gasteiger partial charge in [0.25, 0.3) is 0 Å². The minimum Gasteiger partial charge on any atom is -0.398 e. The first kappa shape index (κ1) is 12.8. The van der Waals surface area contributed by atoms with Crippen LogP contribution in [-0.2, 0) is 5.33 Å². The van der Waals surface area contributed by atoms with Crippen LogP contribution in [0.15, 0.2) is 18.2 Å². The average Bonchev–Trinajstić information content (AvgIpc) is 2.15. The fourth-order valence-corrected chi connectivity index (χ4v) is 1.50. The molecule has 1 aromatic rings. The minimum absolute atomic E-state index is 0.0279. The van der Waals surface area contributed by atoms with Crippen LogP contribution in [0.3, 0.4) is 0 Å². The zero-order chi connectivity index (χ0) is 12.3. The highest BCUT2D eigenvalue weighted by atomic mass is 79.9. The lowest BCUT2D eigenvalue weighted by atomic mass is 10.2. The number of para-hydroxylation sites is 1. The maximum atomic E-state index is 12.0. The van der Waals surface area contributed by atoms with Gasteiger partial charge in [0.2, 0.25) is 5.75 Å². The molecule has 0 aliphatic rings. The van der Waals surface area contributed by atoms with Gasteiger partial charge in [-0.05, 0) is 0 Å². The van der Waals surface area contributed by atoms with Gasteiger partial charge in [-0.25, -0.2) is 0 Å². The van der Waals surface area contributed by atoms with Crippen molar-refractivity contribution in [2.45, 2.75) is 11.7 Å². The number of rotatable bonds is 3. The van der Waals surface area contributed by atoms with Gasteiger partial charge >= 0.3 is 12.0 Å². The molecule has 0 saturated carbocycles. The van der Waals surface area contributed by atoms with Crippen molar-refractivity contribution >= 4 is 21.6 Å². The molecule has 4 nitrogen and oxygen atoms in total. The van der Waals surface area contributed by atoms with Crippen LogP contribution >= 0.6 is 15.9 Å². The molecule has 0 amide bonds. The molecule has 0 aliphatic heterocycles. The van der Waals surface area contributed by atoms with Crippen molar-refractivity contribution in [1.82, 2.24) is 0 Å². The Balaban J connectivity index is 3.25. The fraction of sp³-hybridized carbons (Fsp3) is 0.250. The normalized spacial score (nSPS) is 11.2. The summed E-state index contributed by atoms with van der Waals surface area (Å²) in [6.45, 7) is 0. The molecule has 0 aliphatic carbocycles. The van der Waals surface area contributed by atoms with Gasteiger partial charge in [-0.15, -0.1) is 13.2 Å². The van der Waals surface area contributed by atoms with Gasteiger partial charge in [0.1, 0.15) is 0 Å². The van der Waals surface area contributed by atoms with Crippen LogP contribution in [-0.4, -0.2) is 11.3 Å². The second-order valence-corrected chi connectivity index (χ2v) is 3.26. The number of nitro benzene ring substituents is 1. The number of hydrogen-bond acceptors (Lipinski definition) is 3. The Kier molecular flexibility index (Phi) is 3.74. The van der Waals surface area contributed by atoms with Crippen LogP contribution in [0.1, 0.15) is 5.56 Å². The van der Waals surface area contributed by atoms with Crippen LogP contribution < -0.4 is 4.74 Å². The Bertz CT molecular complexity index is 408. The summed E-state index contributed by atoms with van der Waals surface area (Å²) >= 11 is 2.93. The summed E-state index contributed by atoms with van der Waals surface area (Å²) in [7, 11) is 0. The third kappa shape index (κ3) is 3.09. The molecule has 1 aromatic carbocycles. The number of alkyl halides is 4. The molecule has 88 valence electrons. The number of nitro groups is 1. The molecule has 0 atom stereocenters. The molecule has 0 heterocycles. The Morgan fingerprint density at radius 1 is 1.44 bits per heavy atom. The SMILES string of the molecule is O=[N+]([O-])c1cccc(CBr)c1OC(F)(F)F. The number of hydrogen-bond donors (Lipinski definition) is 0. The Hall–Kier alpha value is -1.31. The van der Waals surface area contributed by atoms with Gasteiger partial charge in [0, 0.05) is 17.0 Å². The lowest BCUT2D eigenvalue weighted by molar-refractivity contribution is -0.388. The monoisotopic (exact) mass is 299 g/mol. The van der Waals surface area contributed by atoms with E-state index < -0.39 is 22.7 Å². The molecule has 0 fully saturated rings. The van der Waals surface area contributed by atoms with Gasteiger partial charge in [-0.1, -0.05) is 28.1 Å². The van der Waals surface area contributed by atoms with Crippen molar-refractivity contribution in [3.63, 3.8) is 0 Å². The van der Waals surface area contributed by atoms with Crippen LogP contribution in [0, 0.1) is 10.1 Å². The highest BCUT2D eigenvalue weighted by Gasteiger charge is 2.35. The van der Waals surface area contributed by atoms with E-state index in [1.807, 2.05) is 0 Å². The van der Waals surface area contributed by atoms with Crippen LogP contribution in [0.5, 0.6) is 5.75 Å². The molecule has 0 aromatic heterocycles. The summed E-state index contributed by atoms with van der Waals surface area (Å²) in [5.74, 6) is -0.781. The van der Waals surface area contributed by atoms with Crippen LogP contribution in [0.2, 0.25) is 0 Å². The van der Waals surface area contributed by atoms with Gasteiger partial charge in [0.15, 0.2) is 0 Å². The van der Waals surface area contributed by atoms with E-state index in [2.05, 4.69) is 20.7 Å². The fourth-order valence-electron chi connectivity index (χ4n) is 1.05. The predicted octanol–water partition coefficient (Wildman–Crippen LogP) is 3.39. The summed E-state index contributed by atoms with van der Waals surface area (Å²) in [6, 6.07) is 3.55. The van der Waals surface area contributed by atoms with Crippen molar-refractivity contribution in [3.8, 4) is 5.75 Å². The highest BCUT2D eigenvalue weighted by Crippen LogP contribution is 2.36. The molecule has 0 N–H and O–H groups in total. The van der Waals surface area contributed by atoms with E-state index in [1.54, 1.807) is 0 Å².